The van der Waals surface area contributed by atoms with Gasteiger partial charge in [-0.05, 0) is 12.8 Å². The highest BCUT2D eigenvalue weighted by Crippen LogP contribution is 2.11. The molecule has 3 atom stereocenters. The van der Waals surface area contributed by atoms with E-state index in [0.29, 0.717) is 19.7 Å². The first-order valence-electron chi connectivity index (χ1n) is 6.42. The van der Waals surface area contributed by atoms with Gasteiger partial charge in [0.15, 0.2) is 0 Å². The summed E-state index contributed by atoms with van der Waals surface area (Å²) >= 11 is 0. The smallest absolute Gasteiger partial charge is 0.317 e. The zero-order valence-electron chi connectivity index (χ0n) is 11.3. The Morgan fingerprint density at radius 1 is 1.53 bits per heavy atom. The van der Waals surface area contributed by atoms with Crippen LogP contribution in [0.5, 0.6) is 0 Å². The normalized spacial score (nSPS) is 24.9. The van der Waals surface area contributed by atoms with Gasteiger partial charge in [0.2, 0.25) is 0 Å². The Balaban J connectivity index is 2.41. The molecular weight excluding hydrogens is 252 g/mol. The summed E-state index contributed by atoms with van der Waals surface area (Å²) in [6.45, 7) is 4.58. The highest BCUT2D eigenvalue weighted by atomic mass is 16.5. The number of aliphatic hydroxyl groups is 1. The third-order valence-corrected chi connectivity index (χ3v) is 3.09. The van der Waals surface area contributed by atoms with Crippen LogP contribution in [0.15, 0.2) is 0 Å². The molecule has 0 aromatic rings. The molecule has 0 aromatic carbocycles. The second-order valence-electron chi connectivity index (χ2n) is 5.03. The molecule has 1 fully saturated rings. The fraction of sp³-hybridized carbons (Fsp3) is 0.833. The number of carbonyl (C=O) groups excluding carboxylic acids is 1. The first kappa shape index (κ1) is 15.7. The van der Waals surface area contributed by atoms with Crippen molar-refractivity contribution in [3.8, 4) is 0 Å². The van der Waals surface area contributed by atoms with E-state index in [-0.39, 0.29) is 37.1 Å². The maximum atomic E-state index is 12.0. The summed E-state index contributed by atoms with van der Waals surface area (Å²) in [6, 6.07) is -0.302. The third-order valence-electron chi connectivity index (χ3n) is 3.09. The van der Waals surface area contributed by atoms with Crippen molar-refractivity contribution < 1.29 is 24.5 Å². The minimum absolute atomic E-state index is 0.0260. The Kier molecular flexibility index (Phi) is 6.04. The van der Waals surface area contributed by atoms with E-state index in [1.165, 1.54) is 0 Å². The van der Waals surface area contributed by atoms with E-state index in [1.807, 2.05) is 6.92 Å². The Morgan fingerprint density at radius 3 is 2.79 bits per heavy atom. The highest BCUT2D eigenvalue weighted by molar-refractivity contribution is 5.74. The number of carboxylic acid groups (broad SMARTS) is 1. The molecule has 110 valence electrons. The number of hydrogen-bond acceptors (Lipinski definition) is 4. The minimum atomic E-state index is -0.873. The summed E-state index contributed by atoms with van der Waals surface area (Å²) < 4.78 is 5.35. The third kappa shape index (κ3) is 5.04. The van der Waals surface area contributed by atoms with Crippen LogP contribution in [-0.2, 0) is 9.53 Å². The number of urea groups is 1. The molecule has 0 aliphatic carbocycles. The number of nitrogens with zero attached hydrogens (tertiary/aromatic N) is 1. The molecule has 0 aromatic heterocycles. The van der Waals surface area contributed by atoms with Crippen LogP contribution in [0.3, 0.4) is 0 Å². The number of nitrogens with one attached hydrogen (secondary N) is 1. The molecule has 0 spiro atoms. The van der Waals surface area contributed by atoms with E-state index in [0.717, 1.165) is 0 Å². The number of amides is 2. The van der Waals surface area contributed by atoms with Crippen molar-refractivity contribution in [2.75, 3.05) is 26.3 Å². The van der Waals surface area contributed by atoms with Gasteiger partial charge in [0.25, 0.3) is 0 Å². The number of carboxylic acids is 1. The molecule has 1 heterocycles. The van der Waals surface area contributed by atoms with Crippen LogP contribution < -0.4 is 5.32 Å². The SMILES string of the molecule is CC(CNC(=O)N1CC(CO)OCC1C)CC(=O)O. The lowest BCUT2D eigenvalue weighted by Gasteiger charge is -2.37. The van der Waals surface area contributed by atoms with Crippen LogP contribution >= 0.6 is 0 Å². The van der Waals surface area contributed by atoms with Crippen LogP contribution in [0.4, 0.5) is 4.79 Å². The van der Waals surface area contributed by atoms with Crippen molar-refractivity contribution >= 4 is 12.0 Å². The molecular formula is C12H22N2O5. The van der Waals surface area contributed by atoms with Gasteiger partial charge >= 0.3 is 12.0 Å². The van der Waals surface area contributed by atoms with Crippen LogP contribution in [0.2, 0.25) is 0 Å². The van der Waals surface area contributed by atoms with Gasteiger partial charge in [-0.3, -0.25) is 4.79 Å². The highest BCUT2D eigenvalue weighted by Gasteiger charge is 2.29. The average Bonchev–Trinajstić information content (AvgIpc) is 2.35. The van der Waals surface area contributed by atoms with Crippen molar-refractivity contribution in [1.82, 2.24) is 10.2 Å². The summed E-state index contributed by atoms with van der Waals surface area (Å²) in [5, 5.41) is 20.4. The first-order valence-corrected chi connectivity index (χ1v) is 6.42. The lowest BCUT2D eigenvalue weighted by atomic mass is 10.1. The van der Waals surface area contributed by atoms with Gasteiger partial charge < -0.3 is 25.2 Å². The molecule has 1 aliphatic heterocycles. The molecule has 3 N–H and O–H groups in total. The van der Waals surface area contributed by atoms with Crippen molar-refractivity contribution in [1.29, 1.82) is 0 Å². The van der Waals surface area contributed by atoms with E-state index in [4.69, 9.17) is 14.9 Å². The summed E-state index contributed by atoms with van der Waals surface area (Å²) in [7, 11) is 0. The quantitative estimate of drug-likeness (QED) is 0.649. The van der Waals surface area contributed by atoms with Crippen LogP contribution in [0, 0.1) is 5.92 Å². The molecule has 7 nitrogen and oxygen atoms in total. The molecule has 1 rings (SSSR count). The molecule has 1 aliphatic rings. The van der Waals surface area contributed by atoms with Gasteiger partial charge in [-0.15, -0.1) is 0 Å². The summed E-state index contributed by atoms with van der Waals surface area (Å²) in [4.78, 5) is 24.1. The van der Waals surface area contributed by atoms with E-state index < -0.39 is 5.97 Å². The average molecular weight is 274 g/mol. The fourth-order valence-electron chi connectivity index (χ4n) is 1.94. The van der Waals surface area contributed by atoms with Gasteiger partial charge in [-0.1, -0.05) is 6.92 Å². The predicted octanol–water partition coefficient (Wildman–Crippen LogP) is -0.112. The summed E-state index contributed by atoms with van der Waals surface area (Å²) in [6.07, 6.45) is -0.323. The standard InChI is InChI=1S/C12H22N2O5/c1-8(3-11(16)17)4-13-12(18)14-5-10(6-15)19-7-9(14)2/h8-10,15H,3-7H2,1-2H3,(H,13,18)(H,16,17). The molecule has 0 saturated carbocycles. The number of aliphatic hydroxyl groups excluding tert-OH is 1. The summed E-state index contributed by atoms with van der Waals surface area (Å²) in [5.74, 6) is -0.992. The molecule has 19 heavy (non-hydrogen) atoms. The monoisotopic (exact) mass is 274 g/mol. The van der Waals surface area contributed by atoms with E-state index in [2.05, 4.69) is 5.32 Å². The molecule has 0 bridgehead atoms. The van der Waals surface area contributed by atoms with E-state index in [1.54, 1.807) is 11.8 Å². The Morgan fingerprint density at radius 2 is 2.21 bits per heavy atom. The molecule has 7 heteroatoms. The zero-order chi connectivity index (χ0) is 14.4. The van der Waals surface area contributed by atoms with E-state index in [9.17, 15) is 9.59 Å². The second kappa shape index (κ2) is 7.30. The topological polar surface area (TPSA) is 99.1 Å². The van der Waals surface area contributed by atoms with Crippen LogP contribution in [0.1, 0.15) is 20.3 Å². The number of aliphatic carboxylic acids is 1. The number of ether oxygens (including phenoxy) is 1. The molecule has 1 saturated heterocycles. The van der Waals surface area contributed by atoms with Gasteiger partial charge in [-0.25, -0.2) is 4.79 Å². The maximum absolute atomic E-state index is 12.0. The fourth-order valence-corrected chi connectivity index (χ4v) is 1.94. The number of hydrogen-bond donors (Lipinski definition) is 3. The van der Waals surface area contributed by atoms with Crippen LogP contribution in [0.25, 0.3) is 0 Å². The molecule has 3 unspecified atom stereocenters. The largest absolute Gasteiger partial charge is 0.481 e. The molecule has 2 amide bonds. The van der Waals surface area contributed by atoms with Gasteiger partial charge in [-0.2, -0.15) is 0 Å². The van der Waals surface area contributed by atoms with Gasteiger partial charge in [0, 0.05) is 13.0 Å². The van der Waals surface area contributed by atoms with E-state index >= 15 is 0 Å². The zero-order valence-corrected chi connectivity index (χ0v) is 11.3. The number of morpholine rings is 1. The van der Waals surface area contributed by atoms with Crippen molar-refractivity contribution in [3.05, 3.63) is 0 Å². The number of carbonyl (C=O) groups is 2. The maximum Gasteiger partial charge on any atom is 0.317 e. The van der Waals surface area contributed by atoms with Crippen molar-refractivity contribution in [3.63, 3.8) is 0 Å². The second-order valence-corrected chi connectivity index (χ2v) is 5.03. The van der Waals surface area contributed by atoms with Crippen molar-refractivity contribution in [2.24, 2.45) is 5.92 Å². The Bertz CT molecular complexity index is 323. The Hall–Kier alpha value is -1.34. The lowest BCUT2D eigenvalue weighted by molar-refractivity contribution is -0.137. The number of rotatable bonds is 5. The molecule has 0 radical (unpaired) electrons. The van der Waals surface area contributed by atoms with Crippen LogP contribution in [-0.4, -0.2) is 65.6 Å². The Labute approximate surface area is 112 Å². The summed E-state index contributed by atoms with van der Waals surface area (Å²) in [5.41, 5.74) is 0. The first-order chi connectivity index (χ1) is 8.93. The van der Waals surface area contributed by atoms with Gasteiger partial charge in [0.05, 0.1) is 31.9 Å². The lowest BCUT2D eigenvalue weighted by Crippen LogP contribution is -2.55. The minimum Gasteiger partial charge on any atom is -0.481 e. The van der Waals surface area contributed by atoms with Crippen molar-refractivity contribution in [2.45, 2.75) is 32.4 Å². The predicted molar refractivity (Wildman–Crippen MR) is 67.8 cm³/mol. The van der Waals surface area contributed by atoms with Gasteiger partial charge in [0.1, 0.15) is 0 Å².